The number of carbonyl (C=O) groups excluding carboxylic acids is 1. The van der Waals surface area contributed by atoms with Crippen LogP contribution >= 0.6 is 12.4 Å². The highest BCUT2D eigenvalue weighted by molar-refractivity contribution is 5.88. The Morgan fingerprint density at radius 1 is 1.12 bits per heavy atom. The zero-order valence-corrected chi connectivity index (χ0v) is 16.1. The number of fused-ring (bicyclic) bond motifs is 1. The van der Waals surface area contributed by atoms with Gasteiger partial charge in [-0.15, -0.1) is 12.4 Å². The third-order valence-corrected chi connectivity index (χ3v) is 6.74. The summed E-state index contributed by atoms with van der Waals surface area (Å²) in [5, 5.41) is 3.53. The van der Waals surface area contributed by atoms with Gasteiger partial charge in [0, 0.05) is 13.1 Å². The largest absolute Gasteiger partial charge is 0.342 e. The van der Waals surface area contributed by atoms with E-state index in [9.17, 15) is 4.79 Å². The second kappa shape index (κ2) is 7.67. The molecule has 1 saturated carbocycles. The van der Waals surface area contributed by atoms with Crippen molar-refractivity contribution in [2.24, 2.45) is 11.8 Å². The van der Waals surface area contributed by atoms with Gasteiger partial charge in [-0.3, -0.25) is 4.79 Å². The average Bonchev–Trinajstić information content (AvgIpc) is 3.21. The van der Waals surface area contributed by atoms with Gasteiger partial charge in [-0.1, -0.05) is 42.7 Å². The molecule has 2 heterocycles. The maximum Gasteiger partial charge on any atom is 0.233 e. The molecule has 3 aliphatic rings. The Balaban J connectivity index is 0.00000182. The summed E-state index contributed by atoms with van der Waals surface area (Å²) < 4.78 is 0. The van der Waals surface area contributed by atoms with Gasteiger partial charge in [-0.2, -0.15) is 0 Å². The molecule has 1 aromatic rings. The molecule has 3 nitrogen and oxygen atoms in total. The maximum absolute atomic E-state index is 13.6. The Labute approximate surface area is 158 Å². The minimum atomic E-state index is -0.246. The highest BCUT2D eigenvalue weighted by Crippen LogP contribution is 2.43. The summed E-state index contributed by atoms with van der Waals surface area (Å²) in [6.45, 7) is 6.34. The molecular formula is C21H31ClN2O. The number of hydrogen-bond donors (Lipinski definition) is 1. The van der Waals surface area contributed by atoms with Crippen LogP contribution in [0.15, 0.2) is 24.3 Å². The Kier molecular flexibility index (Phi) is 5.75. The third-order valence-electron chi connectivity index (χ3n) is 6.74. The molecule has 2 saturated heterocycles. The van der Waals surface area contributed by atoms with Crippen LogP contribution in [0.4, 0.5) is 0 Å². The van der Waals surface area contributed by atoms with Gasteiger partial charge in [0.25, 0.3) is 0 Å². The highest BCUT2D eigenvalue weighted by atomic mass is 35.5. The van der Waals surface area contributed by atoms with Crippen molar-refractivity contribution in [3.8, 4) is 0 Å². The number of amides is 1. The molecule has 0 aromatic heterocycles. The first-order valence-electron chi connectivity index (χ1n) is 9.76. The number of rotatable bonds is 2. The Morgan fingerprint density at radius 3 is 2.36 bits per heavy atom. The topological polar surface area (TPSA) is 32.3 Å². The summed E-state index contributed by atoms with van der Waals surface area (Å²) in [4.78, 5) is 15.8. The van der Waals surface area contributed by atoms with Crippen molar-refractivity contribution in [2.45, 2.75) is 50.9 Å². The quantitative estimate of drug-likeness (QED) is 0.870. The molecule has 1 amide bonds. The SMILES string of the molecule is Cc1cccc(C2(C(=O)N3CC[C@@H]4CNC[C@@H]4CC3)CCCC2)c1.Cl. The van der Waals surface area contributed by atoms with Gasteiger partial charge in [-0.05, 0) is 63.1 Å². The fourth-order valence-electron chi connectivity index (χ4n) is 5.27. The molecular weight excluding hydrogens is 332 g/mol. The smallest absolute Gasteiger partial charge is 0.233 e. The summed E-state index contributed by atoms with van der Waals surface area (Å²) in [7, 11) is 0. The van der Waals surface area contributed by atoms with Crippen molar-refractivity contribution in [1.82, 2.24) is 10.2 Å². The molecule has 0 bridgehead atoms. The summed E-state index contributed by atoms with van der Waals surface area (Å²) in [6.07, 6.45) is 6.77. The lowest BCUT2D eigenvalue weighted by Gasteiger charge is -2.35. The molecule has 4 rings (SSSR count). The van der Waals surface area contributed by atoms with Crippen LogP contribution in [0.25, 0.3) is 0 Å². The first-order valence-corrected chi connectivity index (χ1v) is 9.76. The molecule has 0 spiro atoms. The van der Waals surface area contributed by atoms with Gasteiger partial charge in [0.2, 0.25) is 5.91 Å². The van der Waals surface area contributed by atoms with Crippen LogP contribution in [0, 0.1) is 18.8 Å². The van der Waals surface area contributed by atoms with E-state index in [0.717, 1.165) is 50.9 Å². The predicted octanol–water partition coefficient (Wildman–Crippen LogP) is 3.69. The Bertz CT molecular complexity index is 598. The van der Waals surface area contributed by atoms with Gasteiger partial charge in [0.1, 0.15) is 0 Å². The lowest BCUT2D eigenvalue weighted by Crippen LogP contribution is -2.46. The van der Waals surface area contributed by atoms with Crippen LogP contribution < -0.4 is 5.32 Å². The summed E-state index contributed by atoms with van der Waals surface area (Å²) in [5.41, 5.74) is 2.28. The van der Waals surface area contributed by atoms with Crippen LogP contribution in [-0.2, 0) is 10.2 Å². The fraction of sp³-hybridized carbons (Fsp3) is 0.667. The summed E-state index contributed by atoms with van der Waals surface area (Å²) in [5.74, 6) is 1.97. The lowest BCUT2D eigenvalue weighted by atomic mass is 9.77. The monoisotopic (exact) mass is 362 g/mol. The Hall–Kier alpha value is -1.06. The van der Waals surface area contributed by atoms with E-state index in [1.807, 2.05) is 0 Å². The second-order valence-corrected chi connectivity index (χ2v) is 8.21. The second-order valence-electron chi connectivity index (χ2n) is 8.21. The molecule has 3 fully saturated rings. The number of likely N-dealkylation sites (tertiary alicyclic amines) is 1. The van der Waals surface area contributed by atoms with Gasteiger partial charge >= 0.3 is 0 Å². The fourth-order valence-corrected chi connectivity index (χ4v) is 5.27. The molecule has 1 N–H and O–H groups in total. The standard InChI is InChI=1S/C21H30N2O.ClH/c1-16-5-4-6-19(13-16)21(9-2-3-10-21)20(24)23-11-7-17-14-22-15-18(17)8-12-23;/h4-6,13,17-18,22H,2-3,7-12,14-15H2,1H3;1H/t17-,18+;. The molecule has 1 aliphatic carbocycles. The van der Waals surface area contributed by atoms with Crippen LogP contribution in [0.5, 0.6) is 0 Å². The number of carbonyl (C=O) groups is 1. The van der Waals surface area contributed by atoms with Gasteiger partial charge in [0.15, 0.2) is 0 Å². The van der Waals surface area contributed by atoms with Gasteiger partial charge in [-0.25, -0.2) is 0 Å². The van der Waals surface area contributed by atoms with Crippen molar-refractivity contribution < 1.29 is 4.79 Å². The molecule has 0 radical (unpaired) electrons. The van der Waals surface area contributed by atoms with Crippen LogP contribution in [0.3, 0.4) is 0 Å². The summed E-state index contributed by atoms with van der Waals surface area (Å²) in [6, 6.07) is 8.69. The van der Waals surface area contributed by atoms with E-state index in [2.05, 4.69) is 41.4 Å². The number of halogens is 1. The van der Waals surface area contributed by atoms with Crippen LogP contribution in [-0.4, -0.2) is 37.0 Å². The van der Waals surface area contributed by atoms with Gasteiger partial charge < -0.3 is 10.2 Å². The Morgan fingerprint density at radius 2 is 1.76 bits per heavy atom. The number of hydrogen-bond acceptors (Lipinski definition) is 2. The summed E-state index contributed by atoms with van der Waals surface area (Å²) >= 11 is 0. The van der Waals surface area contributed by atoms with Crippen LogP contribution in [0.2, 0.25) is 0 Å². The molecule has 4 heteroatoms. The molecule has 25 heavy (non-hydrogen) atoms. The number of aryl methyl sites for hydroxylation is 1. The van der Waals surface area contributed by atoms with E-state index in [-0.39, 0.29) is 17.8 Å². The minimum Gasteiger partial charge on any atom is -0.342 e. The normalized spacial score (nSPS) is 28.1. The lowest BCUT2D eigenvalue weighted by molar-refractivity contribution is -0.137. The number of nitrogens with zero attached hydrogens (tertiary/aromatic N) is 1. The molecule has 2 atom stereocenters. The molecule has 0 unspecified atom stereocenters. The van der Waals surface area contributed by atoms with E-state index >= 15 is 0 Å². The molecule has 1 aromatic carbocycles. The van der Waals surface area contributed by atoms with E-state index in [4.69, 9.17) is 0 Å². The van der Waals surface area contributed by atoms with Crippen molar-refractivity contribution in [1.29, 1.82) is 0 Å². The third kappa shape index (κ3) is 3.46. The van der Waals surface area contributed by atoms with E-state index < -0.39 is 0 Å². The van der Waals surface area contributed by atoms with E-state index in [0.29, 0.717) is 5.91 Å². The first-order chi connectivity index (χ1) is 11.7. The number of benzene rings is 1. The zero-order valence-electron chi connectivity index (χ0n) is 15.3. The highest BCUT2D eigenvalue weighted by Gasteiger charge is 2.45. The number of nitrogens with one attached hydrogen (secondary N) is 1. The molecule has 138 valence electrons. The molecule has 2 aliphatic heterocycles. The van der Waals surface area contributed by atoms with Gasteiger partial charge in [0.05, 0.1) is 5.41 Å². The van der Waals surface area contributed by atoms with Crippen LogP contribution in [0.1, 0.15) is 49.7 Å². The predicted molar refractivity (Wildman–Crippen MR) is 104 cm³/mol. The maximum atomic E-state index is 13.6. The van der Waals surface area contributed by atoms with Crippen molar-refractivity contribution in [2.75, 3.05) is 26.2 Å². The minimum absolute atomic E-state index is 0. The zero-order chi connectivity index (χ0) is 16.6. The van der Waals surface area contributed by atoms with Crippen molar-refractivity contribution in [3.63, 3.8) is 0 Å². The van der Waals surface area contributed by atoms with Crippen molar-refractivity contribution >= 4 is 18.3 Å². The van der Waals surface area contributed by atoms with E-state index in [1.165, 1.54) is 36.8 Å². The average molecular weight is 363 g/mol. The van der Waals surface area contributed by atoms with Crippen molar-refractivity contribution in [3.05, 3.63) is 35.4 Å². The van der Waals surface area contributed by atoms with E-state index in [1.54, 1.807) is 0 Å². The first kappa shape index (κ1) is 18.7.